The third kappa shape index (κ3) is 3.86. The Kier molecular flexibility index (Phi) is 6.47. The fraction of sp³-hybridized carbons (Fsp3) is 0.400. The number of methoxy groups -OCH3 is 4. The van der Waals surface area contributed by atoms with Crippen LogP contribution in [-0.4, -0.2) is 58.7 Å². The lowest BCUT2D eigenvalue weighted by atomic mass is 9.80. The van der Waals surface area contributed by atoms with E-state index in [2.05, 4.69) is 0 Å². The predicted octanol–water partition coefficient (Wildman–Crippen LogP) is 3.28. The third-order valence-corrected chi connectivity index (χ3v) is 6.07. The molecule has 0 radical (unpaired) electrons. The highest BCUT2D eigenvalue weighted by atomic mass is 16.6. The number of ketones is 2. The molecule has 1 saturated heterocycles. The van der Waals surface area contributed by atoms with Gasteiger partial charge < -0.3 is 28.4 Å². The molecule has 0 aromatic heterocycles. The third-order valence-electron chi connectivity index (χ3n) is 6.07. The van der Waals surface area contributed by atoms with Crippen LogP contribution in [0, 0.1) is 0 Å². The van der Waals surface area contributed by atoms with Crippen molar-refractivity contribution in [2.75, 3.05) is 35.0 Å². The van der Waals surface area contributed by atoms with Crippen molar-refractivity contribution >= 4 is 17.5 Å². The van der Waals surface area contributed by atoms with E-state index in [-0.39, 0.29) is 51.6 Å². The lowest BCUT2D eigenvalue weighted by Gasteiger charge is -2.32. The number of esters is 1. The molecule has 0 spiro atoms. The Morgan fingerprint density at radius 1 is 0.882 bits per heavy atom. The largest absolute Gasteiger partial charge is 0.497 e. The van der Waals surface area contributed by atoms with Gasteiger partial charge in [0.25, 0.3) is 0 Å². The van der Waals surface area contributed by atoms with Gasteiger partial charge in [-0.2, -0.15) is 0 Å². The number of carbonyl (C=O) groups excluding carboxylic acids is 3. The first-order valence-electron chi connectivity index (χ1n) is 10.8. The van der Waals surface area contributed by atoms with Crippen LogP contribution in [0.15, 0.2) is 18.2 Å². The summed E-state index contributed by atoms with van der Waals surface area (Å²) in [5.41, 5.74) is 1.06. The van der Waals surface area contributed by atoms with Crippen molar-refractivity contribution in [3.8, 4) is 23.0 Å². The zero-order valence-electron chi connectivity index (χ0n) is 19.7. The summed E-state index contributed by atoms with van der Waals surface area (Å²) in [6.07, 6.45) is -0.0255. The van der Waals surface area contributed by atoms with Gasteiger partial charge in [-0.15, -0.1) is 0 Å². The molecule has 1 aliphatic carbocycles. The number of hydrogen-bond donors (Lipinski definition) is 0. The van der Waals surface area contributed by atoms with Gasteiger partial charge in [-0.25, -0.2) is 0 Å². The van der Waals surface area contributed by atoms with Crippen LogP contribution in [0.25, 0.3) is 0 Å². The van der Waals surface area contributed by atoms with Gasteiger partial charge in [0.05, 0.1) is 57.8 Å². The van der Waals surface area contributed by atoms with E-state index < -0.39 is 11.9 Å². The van der Waals surface area contributed by atoms with E-state index in [0.717, 1.165) is 0 Å². The molecule has 2 aromatic carbocycles. The topological polar surface area (TPSA) is 107 Å². The highest BCUT2D eigenvalue weighted by Crippen LogP contribution is 2.48. The molecule has 180 valence electrons. The Balaban J connectivity index is 1.90. The van der Waals surface area contributed by atoms with Crippen LogP contribution in [-0.2, 0) is 14.3 Å². The van der Waals surface area contributed by atoms with E-state index in [4.69, 9.17) is 28.4 Å². The van der Waals surface area contributed by atoms with Gasteiger partial charge >= 0.3 is 5.97 Å². The average molecular weight is 470 g/mol. The number of hydrogen-bond acceptors (Lipinski definition) is 9. The van der Waals surface area contributed by atoms with Crippen molar-refractivity contribution in [2.24, 2.45) is 0 Å². The molecule has 0 amide bonds. The highest BCUT2D eigenvalue weighted by Gasteiger charge is 2.40. The van der Waals surface area contributed by atoms with Crippen LogP contribution in [0.5, 0.6) is 23.0 Å². The summed E-state index contributed by atoms with van der Waals surface area (Å²) in [6.45, 7) is 1.70. The first-order valence-corrected chi connectivity index (χ1v) is 10.8. The quantitative estimate of drug-likeness (QED) is 0.502. The average Bonchev–Trinajstić information content (AvgIpc) is 2.84. The van der Waals surface area contributed by atoms with Crippen molar-refractivity contribution in [2.45, 2.75) is 32.0 Å². The Morgan fingerprint density at radius 2 is 1.59 bits per heavy atom. The van der Waals surface area contributed by atoms with E-state index in [1.807, 2.05) is 0 Å². The van der Waals surface area contributed by atoms with Crippen LogP contribution < -0.4 is 18.9 Å². The molecule has 2 atom stereocenters. The van der Waals surface area contributed by atoms with Crippen molar-refractivity contribution in [1.82, 2.24) is 0 Å². The zero-order valence-corrected chi connectivity index (χ0v) is 19.7. The monoisotopic (exact) mass is 470 g/mol. The molecule has 1 fully saturated rings. The highest BCUT2D eigenvalue weighted by molar-refractivity contribution is 6.30. The van der Waals surface area contributed by atoms with Crippen molar-refractivity contribution in [3.05, 3.63) is 46.0 Å². The molecule has 0 bridgehead atoms. The lowest BCUT2D eigenvalue weighted by Crippen LogP contribution is -2.29. The summed E-state index contributed by atoms with van der Waals surface area (Å²) in [5.74, 6) is -0.0443. The van der Waals surface area contributed by atoms with E-state index in [9.17, 15) is 14.4 Å². The van der Waals surface area contributed by atoms with E-state index in [1.54, 1.807) is 6.07 Å². The Labute approximate surface area is 196 Å². The standard InChI is InChI=1S/C25H26O9/c1-12(26)34-13-6-7-33-19(9-13)22-18(31-4)11-16-21(25(22)32-5)24(28)20-15(23(16)27)8-14(29-2)10-17(20)30-3/h8,10-11,13,19H,6-7,9H2,1-5H3. The minimum Gasteiger partial charge on any atom is -0.497 e. The second-order valence-electron chi connectivity index (χ2n) is 7.97. The summed E-state index contributed by atoms with van der Waals surface area (Å²) in [6, 6.07) is 4.60. The first kappa shape index (κ1) is 23.6. The molecule has 9 nitrogen and oxygen atoms in total. The molecule has 0 N–H and O–H groups in total. The van der Waals surface area contributed by atoms with Crippen LogP contribution in [0.3, 0.4) is 0 Å². The second-order valence-corrected chi connectivity index (χ2v) is 7.97. The fourth-order valence-electron chi connectivity index (χ4n) is 4.60. The zero-order chi connectivity index (χ0) is 24.6. The Hall–Kier alpha value is -3.59. The molecule has 1 aliphatic heterocycles. The first-order chi connectivity index (χ1) is 16.3. The molecule has 34 heavy (non-hydrogen) atoms. The van der Waals surface area contributed by atoms with Gasteiger partial charge in [0, 0.05) is 37.0 Å². The summed E-state index contributed by atoms with van der Waals surface area (Å²) in [4.78, 5) is 38.8. The van der Waals surface area contributed by atoms with Crippen LogP contribution in [0.2, 0.25) is 0 Å². The molecular formula is C25H26O9. The Bertz CT molecular complexity index is 1170. The molecule has 2 aliphatic rings. The summed E-state index contributed by atoms with van der Waals surface area (Å²) in [5, 5.41) is 0. The number of ether oxygens (including phenoxy) is 6. The Morgan fingerprint density at radius 3 is 2.21 bits per heavy atom. The van der Waals surface area contributed by atoms with Gasteiger partial charge in [0.1, 0.15) is 29.1 Å². The van der Waals surface area contributed by atoms with Crippen LogP contribution in [0.4, 0.5) is 0 Å². The number of carbonyl (C=O) groups is 3. The maximum atomic E-state index is 13.8. The van der Waals surface area contributed by atoms with E-state index in [0.29, 0.717) is 36.5 Å². The van der Waals surface area contributed by atoms with Crippen molar-refractivity contribution in [1.29, 1.82) is 0 Å². The van der Waals surface area contributed by atoms with Gasteiger partial charge in [0.15, 0.2) is 5.78 Å². The molecule has 2 unspecified atom stereocenters. The summed E-state index contributed by atoms with van der Waals surface area (Å²) >= 11 is 0. The predicted molar refractivity (Wildman–Crippen MR) is 119 cm³/mol. The molecule has 9 heteroatoms. The molecular weight excluding hydrogens is 444 g/mol. The van der Waals surface area contributed by atoms with Gasteiger partial charge in [-0.05, 0) is 12.1 Å². The number of fused-ring (bicyclic) bond motifs is 2. The van der Waals surface area contributed by atoms with Gasteiger partial charge in [-0.1, -0.05) is 0 Å². The molecule has 2 aromatic rings. The van der Waals surface area contributed by atoms with Crippen molar-refractivity contribution < 1.29 is 42.8 Å². The van der Waals surface area contributed by atoms with Crippen molar-refractivity contribution in [3.63, 3.8) is 0 Å². The molecule has 4 rings (SSSR count). The second kappa shape index (κ2) is 9.34. The molecule has 1 heterocycles. The summed E-state index contributed by atoms with van der Waals surface area (Å²) < 4.78 is 33.4. The minimum atomic E-state index is -0.574. The van der Waals surface area contributed by atoms with E-state index in [1.165, 1.54) is 47.5 Å². The lowest BCUT2D eigenvalue weighted by molar-refractivity contribution is -0.153. The SMILES string of the molecule is COc1cc(OC)c2c(c1)C(=O)c1cc(OC)c(C3CC(OC(C)=O)CCO3)c(OC)c1C2=O. The van der Waals surface area contributed by atoms with Gasteiger partial charge in [0.2, 0.25) is 5.78 Å². The number of rotatable bonds is 6. The van der Waals surface area contributed by atoms with Crippen LogP contribution in [0.1, 0.15) is 63.3 Å². The maximum Gasteiger partial charge on any atom is 0.302 e. The maximum absolute atomic E-state index is 13.8. The molecule has 0 saturated carbocycles. The van der Waals surface area contributed by atoms with Gasteiger partial charge in [-0.3, -0.25) is 14.4 Å². The fourth-order valence-corrected chi connectivity index (χ4v) is 4.60. The normalized spacial score (nSPS) is 19.1. The van der Waals surface area contributed by atoms with Crippen LogP contribution >= 0.6 is 0 Å². The van der Waals surface area contributed by atoms with E-state index >= 15 is 0 Å². The summed E-state index contributed by atoms with van der Waals surface area (Å²) in [7, 11) is 5.77. The number of benzene rings is 2. The minimum absolute atomic E-state index is 0.109. The smallest absolute Gasteiger partial charge is 0.302 e.